The summed E-state index contributed by atoms with van der Waals surface area (Å²) in [6.45, 7) is 2.62. The Balaban J connectivity index is 1.62. The molecule has 5 heteroatoms. The van der Waals surface area contributed by atoms with E-state index >= 15 is 0 Å². The SMILES string of the molecule is C[C@H]1OC(CO)CC(OCc2ccccc2)C1NCC(=O)c1ccccc1. The largest absolute Gasteiger partial charge is 0.394 e. The number of ketones is 1. The van der Waals surface area contributed by atoms with E-state index in [4.69, 9.17) is 9.47 Å². The van der Waals surface area contributed by atoms with E-state index in [-0.39, 0.29) is 43.3 Å². The number of hydrogen-bond donors (Lipinski definition) is 2. The van der Waals surface area contributed by atoms with Gasteiger partial charge in [0.25, 0.3) is 0 Å². The Hall–Kier alpha value is -2.05. The summed E-state index contributed by atoms with van der Waals surface area (Å²) in [5.74, 6) is 0.0360. The molecule has 1 saturated heterocycles. The van der Waals surface area contributed by atoms with E-state index in [1.54, 1.807) is 0 Å². The van der Waals surface area contributed by atoms with Gasteiger partial charge in [0, 0.05) is 12.0 Å². The van der Waals surface area contributed by atoms with Crippen LogP contribution in [0.15, 0.2) is 60.7 Å². The van der Waals surface area contributed by atoms with E-state index in [0.717, 1.165) is 5.56 Å². The Bertz CT molecular complexity index is 707. The molecule has 0 spiro atoms. The second-order valence-electron chi connectivity index (χ2n) is 6.91. The molecule has 2 aromatic rings. The smallest absolute Gasteiger partial charge is 0.176 e. The van der Waals surface area contributed by atoms with Crippen molar-refractivity contribution < 1.29 is 19.4 Å². The molecule has 0 bridgehead atoms. The van der Waals surface area contributed by atoms with Gasteiger partial charge in [-0.3, -0.25) is 4.79 Å². The Labute approximate surface area is 160 Å². The number of carbonyl (C=O) groups excluding carboxylic acids is 1. The van der Waals surface area contributed by atoms with Gasteiger partial charge in [-0.15, -0.1) is 0 Å². The van der Waals surface area contributed by atoms with Gasteiger partial charge in [-0.05, 0) is 12.5 Å². The van der Waals surface area contributed by atoms with Crippen molar-refractivity contribution in [1.82, 2.24) is 5.32 Å². The van der Waals surface area contributed by atoms with E-state index in [0.29, 0.717) is 18.6 Å². The quantitative estimate of drug-likeness (QED) is 0.700. The lowest BCUT2D eigenvalue weighted by molar-refractivity contribution is -0.143. The summed E-state index contributed by atoms with van der Waals surface area (Å²) in [6.07, 6.45) is 0.0313. The second kappa shape index (κ2) is 9.76. The van der Waals surface area contributed by atoms with E-state index in [9.17, 15) is 9.90 Å². The van der Waals surface area contributed by atoms with Crippen LogP contribution in [0.2, 0.25) is 0 Å². The lowest BCUT2D eigenvalue weighted by Gasteiger charge is -2.40. The molecular weight excluding hydrogens is 342 g/mol. The number of carbonyl (C=O) groups is 1. The highest BCUT2D eigenvalue weighted by Crippen LogP contribution is 2.24. The number of aliphatic hydroxyl groups is 1. The summed E-state index contributed by atoms with van der Waals surface area (Å²) >= 11 is 0. The van der Waals surface area contributed by atoms with Gasteiger partial charge < -0.3 is 19.9 Å². The summed E-state index contributed by atoms with van der Waals surface area (Å²) in [5.41, 5.74) is 1.78. The first-order valence-electron chi connectivity index (χ1n) is 9.41. The van der Waals surface area contributed by atoms with Gasteiger partial charge >= 0.3 is 0 Å². The first-order valence-corrected chi connectivity index (χ1v) is 9.41. The van der Waals surface area contributed by atoms with Crippen molar-refractivity contribution in [2.24, 2.45) is 0 Å². The van der Waals surface area contributed by atoms with Crippen LogP contribution in [0.25, 0.3) is 0 Å². The Kier molecular flexibility index (Phi) is 7.12. The predicted octanol–water partition coefficient (Wildman–Crippen LogP) is 2.58. The van der Waals surface area contributed by atoms with Gasteiger partial charge in [-0.1, -0.05) is 60.7 Å². The number of benzene rings is 2. The molecule has 3 rings (SSSR count). The average Bonchev–Trinajstić information content (AvgIpc) is 2.72. The maximum absolute atomic E-state index is 12.4. The van der Waals surface area contributed by atoms with E-state index in [2.05, 4.69) is 5.32 Å². The van der Waals surface area contributed by atoms with Crippen molar-refractivity contribution in [3.63, 3.8) is 0 Å². The van der Waals surface area contributed by atoms with E-state index in [1.165, 1.54) is 0 Å². The zero-order valence-corrected chi connectivity index (χ0v) is 15.6. The normalized spacial score (nSPS) is 25.3. The minimum Gasteiger partial charge on any atom is -0.394 e. The molecule has 0 aromatic heterocycles. The molecule has 3 unspecified atom stereocenters. The molecule has 0 amide bonds. The molecule has 1 heterocycles. The van der Waals surface area contributed by atoms with Crippen LogP contribution >= 0.6 is 0 Å². The number of nitrogens with one attached hydrogen (secondary N) is 1. The fourth-order valence-corrected chi connectivity index (χ4v) is 3.45. The lowest BCUT2D eigenvalue weighted by atomic mass is 9.95. The molecule has 4 atom stereocenters. The maximum Gasteiger partial charge on any atom is 0.176 e. The summed E-state index contributed by atoms with van der Waals surface area (Å²) < 4.78 is 12.0. The van der Waals surface area contributed by atoms with Crippen LogP contribution in [0, 0.1) is 0 Å². The third-order valence-electron chi connectivity index (χ3n) is 4.91. The van der Waals surface area contributed by atoms with Gasteiger partial charge in [0.2, 0.25) is 0 Å². The van der Waals surface area contributed by atoms with Crippen molar-refractivity contribution in [2.75, 3.05) is 13.2 Å². The molecule has 1 aliphatic heterocycles. The Morgan fingerprint density at radius 1 is 1.15 bits per heavy atom. The van der Waals surface area contributed by atoms with Crippen LogP contribution < -0.4 is 5.32 Å². The van der Waals surface area contributed by atoms with Gasteiger partial charge in [-0.2, -0.15) is 0 Å². The number of rotatable bonds is 8. The van der Waals surface area contributed by atoms with Crippen molar-refractivity contribution in [3.8, 4) is 0 Å². The number of aliphatic hydroxyl groups excluding tert-OH is 1. The molecular formula is C22H27NO4. The molecule has 0 aliphatic carbocycles. The van der Waals surface area contributed by atoms with Crippen LogP contribution in [-0.2, 0) is 16.1 Å². The van der Waals surface area contributed by atoms with Crippen LogP contribution in [0.1, 0.15) is 29.3 Å². The monoisotopic (exact) mass is 369 g/mol. The highest BCUT2D eigenvalue weighted by Gasteiger charge is 2.37. The first-order chi connectivity index (χ1) is 13.2. The Morgan fingerprint density at radius 2 is 1.81 bits per heavy atom. The number of hydrogen-bond acceptors (Lipinski definition) is 5. The molecule has 144 valence electrons. The third-order valence-corrected chi connectivity index (χ3v) is 4.91. The van der Waals surface area contributed by atoms with Gasteiger partial charge in [0.15, 0.2) is 5.78 Å². The predicted molar refractivity (Wildman–Crippen MR) is 104 cm³/mol. The minimum absolute atomic E-state index is 0.0360. The van der Waals surface area contributed by atoms with Crippen molar-refractivity contribution in [3.05, 3.63) is 71.8 Å². The summed E-state index contributed by atoms with van der Waals surface area (Å²) in [4.78, 5) is 12.4. The topological polar surface area (TPSA) is 67.8 Å². The average molecular weight is 369 g/mol. The molecule has 5 nitrogen and oxygen atoms in total. The van der Waals surface area contributed by atoms with Crippen LogP contribution in [0.5, 0.6) is 0 Å². The Morgan fingerprint density at radius 3 is 2.48 bits per heavy atom. The van der Waals surface area contributed by atoms with E-state index in [1.807, 2.05) is 67.6 Å². The zero-order valence-electron chi connectivity index (χ0n) is 15.6. The molecule has 1 aliphatic rings. The van der Waals surface area contributed by atoms with Crippen molar-refractivity contribution >= 4 is 5.78 Å². The lowest BCUT2D eigenvalue weighted by Crippen LogP contribution is -2.56. The molecule has 2 aromatic carbocycles. The van der Waals surface area contributed by atoms with Crippen LogP contribution in [0.4, 0.5) is 0 Å². The highest BCUT2D eigenvalue weighted by atomic mass is 16.5. The number of ether oxygens (including phenoxy) is 2. The minimum atomic E-state index is -0.247. The van der Waals surface area contributed by atoms with E-state index < -0.39 is 0 Å². The third kappa shape index (κ3) is 5.47. The number of Topliss-reactive ketones (excluding diaryl/α,β-unsaturated/α-hetero) is 1. The first kappa shape index (κ1) is 19.7. The standard InChI is InChI=1S/C22H27NO4/c1-16-22(23-13-20(25)18-10-6-3-7-11-18)21(12-19(14-24)27-16)26-15-17-8-4-2-5-9-17/h2-11,16,19,21-24H,12-15H2,1H3/t16-,19?,21?,22?/m1/s1. The fraction of sp³-hybridized carbons (Fsp3) is 0.409. The second-order valence-corrected chi connectivity index (χ2v) is 6.91. The van der Waals surface area contributed by atoms with Crippen molar-refractivity contribution in [1.29, 1.82) is 0 Å². The summed E-state index contributed by atoms with van der Waals surface area (Å²) in [6, 6.07) is 19.1. The van der Waals surface area contributed by atoms with Crippen LogP contribution in [0.3, 0.4) is 0 Å². The van der Waals surface area contributed by atoms with Crippen molar-refractivity contribution in [2.45, 2.75) is 44.3 Å². The molecule has 2 N–H and O–H groups in total. The van der Waals surface area contributed by atoms with Crippen LogP contribution in [-0.4, -0.2) is 48.4 Å². The van der Waals surface area contributed by atoms with Gasteiger partial charge in [-0.25, -0.2) is 0 Å². The molecule has 1 fully saturated rings. The summed E-state index contributed by atoms with van der Waals surface area (Å²) in [5, 5.41) is 12.8. The molecule has 0 saturated carbocycles. The zero-order chi connectivity index (χ0) is 19.1. The van der Waals surface area contributed by atoms with Gasteiger partial charge in [0.1, 0.15) is 0 Å². The van der Waals surface area contributed by atoms with Gasteiger partial charge in [0.05, 0.1) is 44.1 Å². The fourth-order valence-electron chi connectivity index (χ4n) is 3.45. The summed E-state index contributed by atoms with van der Waals surface area (Å²) in [7, 11) is 0. The molecule has 27 heavy (non-hydrogen) atoms. The highest BCUT2D eigenvalue weighted by molar-refractivity contribution is 5.97. The molecule has 0 radical (unpaired) electrons. The maximum atomic E-state index is 12.4.